The van der Waals surface area contributed by atoms with Crippen molar-refractivity contribution in [2.75, 3.05) is 48.4 Å². The second-order valence-corrected chi connectivity index (χ2v) is 7.56. The highest BCUT2D eigenvalue weighted by Gasteiger charge is 2.36. The van der Waals surface area contributed by atoms with E-state index in [-0.39, 0.29) is 11.7 Å². The molecule has 32 heavy (non-hydrogen) atoms. The van der Waals surface area contributed by atoms with Gasteiger partial charge in [-0.3, -0.25) is 4.79 Å². The SMILES string of the molecule is COc1ccc(/C=N/N2C(=O)CSC2c2ccc(OC)c(OC)c2OC)c(OC)c1OC. The number of hydrazone groups is 1. The maximum Gasteiger partial charge on any atom is 0.254 e. The molecule has 0 bridgehead atoms. The van der Waals surface area contributed by atoms with E-state index in [2.05, 4.69) is 5.10 Å². The number of hydrogen-bond acceptors (Lipinski definition) is 9. The molecule has 1 aliphatic rings. The van der Waals surface area contributed by atoms with Gasteiger partial charge < -0.3 is 28.4 Å². The first-order chi connectivity index (χ1) is 15.5. The lowest BCUT2D eigenvalue weighted by molar-refractivity contribution is -0.128. The molecule has 0 saturated carbocycles. The van der Waals surface area contributed by atoms with Crippen LogP contribution in [0.1, 0.15) is 16.5 Å². The van der Waals surface area contributed by atoms with Crippen LogP contribution >= 0.6 is 11.8 Å². The van der Waals surface area contributed by atoms with Gasteiger partial charge in [0.2, 0.25) is 11.5 Å². The minimum Gasteiger partial charge on any atom is -0.493 e. The van der Waals surface area contributed by atoms with Crippen LogP contribution in [0.25, 0.3) is 0 Å². The van der Waals surface area contributed by atoms with E-state index < -0.39 is 5.37 Å². The van der Waals surface area contributed by atoms with Gasteiger partial charge in [-0.15, -0.1) is 11.8 Å². The van der Waals surface area contributed by atoms with E-state index >= 15 is 0 Å². The number of hydrogen-bond donors (Lipinski definition) is 0. The van der Waals surface area contributed by atoms with E-state index in [1.165, 1.54) is 38.1 Å². The lowest BCUT2D eigenvalue weighted by atomic mass is 10.1. The summed E-state index contributed by atoms with van der Waals surface area (Å²) < 4.78 is 32.7. The Bertz CT molecular complexity index is 1010. The van der Waals surface area contributed by atoms with E-state index in [0.29, 0.717) is 40.1 Å². The Morgan fingerprint density at radius 2 is 1.38 bits per heavy atom. The second-order valence-electron chi connectivity index (χ2n) is 6.49. The maximum atomic E-state index is 12.7. The highest BCUT2D eigenvalue weighted by molar-refractivity contribution is 8.00. The number of carbonyl (C=O) groups is 1. The zero-order valence-corrected chi connectivity index (χ0v) is 19.6. The van der Waals surface area contributed by atoms with E-state index in [4.69, 9.17) is 28.4 Å². The molecule has 1 unspecified atom stereocenters. The fourth-order valence-corrected chi connectivity index (χ4v) is 4.54. The Balaban J connectivity index is 2.01. The number of carbonyl (C=O) groups excluding carboxylic acids is 1. The van der Waals surface area contributed by atoms with Crippen LogP contribution in [0.15, 0.2) is 29.4 Å². The van der Waals surface area contributed by atoms with Gasteiger partial charge in [-0.1, -0.05) is 0 Å². The molecule has 2 aromatic rings. The van der Waals surface area contributed by atoms with Gasteiger partial charge in [0, 0.05) is 11.1 Å². The predicted molar refractivity (Wildman–Crippen MR) is 122 cm³/mol. The van der Waals surface area contributed by atoms with Crippen LogP contribution in [-0.4, -0.2) is 65.5 Å². The standard InChI is InChI=1S/C22H26N2O7S/c1-26-15-9-7-13(18(28-3)20(15)30-5)11-23-24-17(25)12-32-22(24)14-8-10-16(27-2)21(31-6)19(14)29-4/h7-11,22H,12H2,1-6H3/b23-11+. The van der Waals surface area contributed by atoms with Crippen LogP contribution in [0, 0.1) is 0 Å². The van der Waals surface area contributed by atoms with E-state index in [0.717, 1.165) is 5.56 Å². The Morgan fingerprint density at radius 3 is 1.94 bits per heavy atom. The van der Waals surface area contributed by atoms with Crippen LogP contribution < -0.4 is 28.4 Å². The fraction of sp³-hybridized carbons (Fsp3) is 0.364. The minimum absolute atomic E-state index is 0.132. The normalized spacial score (nSPS) is 15.8. The van der Waals surface area contributed by atoms with Crippen LogP contribution in [0.2, 0.25) is 0 Å². The zero-order chi connectivity index (χ0) is 23.3. The van der Waals surface area contributed by atoms with Crippen molar-refractivity contribution in [2.45, 2.75) is 5.37 Å². The highest BCUT2D eigenvalue weighted by atomic mass is 32.2. The van der Waals surface area contributed by atoms with Crippen molar-refractivity contribution in [3.63, 3.8) is 0 Å². The number of nitrogens with zero attached hydrogens (tertiary/aromatic N) is 2. The third kappa shape index (κ3) is 4.22. The minimum atomic E-state index is -0.403. The molecule has 10 heteroatoms. The zero-order valence-electron chi connectivity index (χ0n) is 18.8. The third-order valence-corrected chi connectivity index (χ3v) is 6.08. The molecule has 0 aromatic heterocycles. The molecule has 1 heterocycles. The maximum absolute atomic E-state index is 12.7. The monoisotopic (exact) mass is 462 g/mol. The molecule has 3 rings (SSSR count). The number of benzene rings is 2. The van der Waals surface area contributed by atoms with E-state index in [9.17, 15) is 4.79 Å². The summed E-state index contributed by atoms with van der Waals surface area (Å²) in [6, 6.07) is 7.15. The second kappa shape index (κ2) is 10.4. The van der Waals surface area contributed by atoms with Crippen LogP contribution in [0.4, 0.5) is 0 Å². The van der Waals surface area contributed by atoms with Gasteiger partial charge in [0.05, 0.1) is 54.6 Å². The smallest absolute Gasteiger partial charge is 0.254 e. The molecule has 9 nitrogen and oxygen atoms in total. The number of amides is 1. The van der Waals surface area contributed by atoms with Crippen molar-refractivity contribution in [2.24, 2.45) is 5.10 Å². The first-order valence-corrected chi connectivity index (χ1v) is 10.6. The van der Waals surface area contributed by atoms with E-state index in [1.54, 1.807) is 45.7 Å². The van der Waals surface area contributed by atoms with Crippen molar-refractivity contribution in [1.82, 2.24) is 5.01 Å². The lowest BCUT2D eigenvalue weighted by Gasteiger charge is -2.23. The molecule has 172 valence electrons. The van der Waals surface area contributed by atoms with Crippen molar-refractivity contribution in [1.29, 1.82) is 0 Å². The quantitative estimate of drug-likeness (QED) is 0.525. The summed E-state index contributed by atoms with van der Waals surface area (Å²) >= 11 is 1.44. The Hall–Kier alpha value is -3.27. The summed E-state index contributed by atoms with van der Waals surface area (Å²) in [5, 5.41) is 5.50. The molecule has 1 atom stereocenters. The number of ether oxygens (including phenoxy) is 6. The van der Waals surface area contributed by atoms with Crippen LogP contribution in [-0.2, 0) is 4.79 Å². The molecule has 0 spiro atoms. The largest absolute Gasteiger partial charge is 0.493 e. The summed E-state index contributed by atoms with van der Waals surface area (Å²) in [6.45, 7) is 0. The van der Waals surface area contributed by atoms with Crippen LogP contribution in [0.3, 0.4) is 0 Å². The molecular weight excluding hydrogens is 436 g/mol. The number of rotatable bonds is 9. The topological polar surface area (TPSA) is 88.1 Å². The molecule has 2 aromatic carbocycles. The Kier molecular flexibility index (Phi) is 7.57. The molecule has 1 amide bonds. The predicted octanol–water partition coefficient (Wildman–Crippen LogP) is 3.35. The first-order valence-electron chi connectivity index (χ1n) is 9.60. The van der Waals surface area contributed by atoms with Gasteiger partial charge in [0.25, 0.3) is 5.91 Å². The van der Waals surface area contributed by atoms with Gasteiger partial charge in [-0.2, -0.15) is 5.10 Å². The van der Waals surface area contributed by atoms with Gasteiger partial charge in [0.1, 0.15) is 5.37 Å². The van der Waals surface area contributed by atoms with Gasteiger partial charge in [-0.05, 0) is 24.3 Å². The van der Waals surface area contributed by atoms with Crippen molar-refractivity contribution >= 4 is 23.9 Å². The molecule has 1 saturated heterocycles. The molecule has 0 N–H and O–H groups in total. The summed E-state index contributed by atoms with van der Waals surface area (Å²) in [7, 11) is 9.25. The van der Waals surface area contributed by atoms with Gasteiger partial charge in [0.15, 0.2) is 23.0 Å². The lowest BCUT2D eigenvalue weighted by Crippen LogP contribution is -2.23. The van der Waals surface area contributed by atoms with Gasteiger partial charge in [-0.25, -0.2) is 5.01 Å². The average Bonchev–Trinajstić information content (AvgIpc) is 3.20. The van der Waals surface area contributed by atoms with Crippen molar-refractivity contribution < 1.29 is 33.2 Å². The van der Waals surface area contributed by atoms with E-state index in [1.807, 2.05) is 6.07 Å². The Morgan fingerprint density at radius 1 is 0.812 bits per heavy atom. The highest BCUT2D eigenvalue weighted by Crippen LogP contribution is 2.49. The Labute approximate surface area is 191 Å². The van der Waals surface area contributed by atoms with Crippen molar-refractivity contribution in [3.05, 3.63) is 35.4 Å². The fourth-order valence-electron chi connectivity index (χ4n) is 3.43. The molecule has 0 aliphatic carbocycles. The van der Waals surface area contributed by atoms with Crippen molar-refractivity contribution in [3.8, 4) is 34.5 Å². The average molecular weight is 463 g/mol. The van der Waals surface area contributed by atoms with Gasteiger partial charge >= 0.3 is 0 Å². The molecule has 1 aliphatic heterocycles. The molecule has 0 radical (unpaired) electrons. The first kappa shape index (κ1) is 23.4. The summed E-state index contributed by atoms with van der Waals surface area (Å²) in [5.41, 5.74) is 1.38. The van der Waals surface area contributed by atoms with Crippen LogP contribution in [0.5, 0.6) is 34.5 Å². The summed E-state index contributed by atoms with van der Waals surface area (Å²) in [4.78, 5) is 12.7. The number of thioether (sulfide) groups is 1. The summed E-state index contributed by atoms with van der Waals surface area (Å²) in [6.07, 6.45) is 1.56. The molecular formula is C22H26N2O7S. The summed E-state index contributed by atoms with van der Waals surface area (Å²) in [5.74, 6) is 3.06. The molecule has 1 fully saturated rings. The third-order valence-electron chi connectivity index (χ3n) is 4.90. The number of methoxy groups -OCH3 is 6.